The Bertz CT molecular complexity index is 851. The van der Waals surface area contributed by atoms with Crippen molar-refractivity contribution in [3.05, 3.63) is 65.7 Å². The van der Waals surface area contributed by atoms with Crippen LogP contribution >= 0.6 is 0 Å². The van der Waals surface area contributed by atoms with Crippen molar-refractivity contribution in [2.75, 3.05) is 0 Å². The number of benzene rings is 2. The summed E-state index contributed by atoms with van der Waals surface area (Å²) < 4.78 is 5.98. The van der Waals surface area contributed by atoms with Gasteiger partial charge in [-0.15, -0.1) is 0 Å². The van der Waals surface area contributed by atoms with Crippen molar-refractivity contribution in [1.82, 2.24) is 10.6 Å². The van der Waals surface area contributed by atoms with Gasteiger partial charge in [0.2, 0.25) is 11.8 Å². The maximum Gasteiger partial charge on any atom is 0.236 e. The highest BCUT2D eigenvalue weighted by molar-refractivity contribution is 6.02. The predicted molar refractivity (Wildman–Crippen MR) is 97.5 cm³/mol. The van der Waals surface area contributed by atoms with E-state index in [9.17, 15) is 9.59 Å². The summed E-state index contributed by atoms with van der Waals surface area (Å²) in [4.78, 5) is 25.7. The Balaban J connectivity index is 1.62. The maximum absolute atomic E-state index is 13.0. The number of amides is 2. The zero-order valence-corrected chi connectivity index (χ0v) is 14.9. The second kappa shape index (κ2) is 6.16. The molecule has 5 nitrogen and oxygen atoms in total. The molecule has 134 valence electrons. The fourth-order valence-corrected chi connectivity index (χ4v) is 4.02. The summed E-state index contributed by atoms with van der Waals surface area (Å²) in [6, 6.07) is 17.2. The highest BCUT2D eigenvalue weighted by atomic mass is 16.5. The molecule has 2 N–H and O–H groups in total. The lowest BCUT2D eigenvalue weighted by Crippen LogP contribution is -2.63. The van der Waals surface area contributed by atoms with E-state index in [1.54, 1.807) is 0 Å². The number of hydrogen-bond donors (Lipinski definition) is 2. The standard InChI is InChI=1S/C21H22N2O3/c1-13(14-8-4-3-5-9-14)22-19(24)18-16-12-21(2,23-20(18)25)26-17-11-7-6-10-15(16)17/h3-11,13,16,18H,12H2,1-2H3,(H,22,24)(H,23,25)/t13-,16+,18-,21+/m0/s1. The number of nitrogens with one attached hydrogen (secondary N) is 2. The zero-order chi connectivity index (χ0) is 18.3. The first-order valence-electron chi connectivity index (χ1n) is 8.92. The second-order valence-corrected chi connectivity index (χ2v) is 7.29. The Morgan fingerprint density at radius 1 is 1.19 bits per heavy atom. The van der Waals surface area contributed by atoms with Crippen LogP contribution in [0.1, 0.15) is 43.4 Å². The van der Waals surface area contributed by atoms with E-state index in [0.29, 0.717) is 6.42 Å². The highest BCUT2D eigenvalue weighted by Crippen LogP contribution is 2.46. The number of fused-ring (bicyclic) bond motifs is 4. The van der Waals surface area contributed by atoms with Gasteiger partial charge in [0.15, 0.2) is 5.72 Å². The van der Waals surface area contributed by atoms with Crippen molar-refractivity contribution in [2.45, 2.75) is 38.0 Å². The quantitative estimate of drug-likeness (QED) is 0.837. The third kappa shape index (κ3) is 2.83. The smallest absolute Gasteiger partial charge is 0.236 e. The number of piperidine rings is 1. The van der Waals surface area contributed by atoms with E-state index < -0.39 is 11.6 Å². The molecule has 0 aliphatic carbocycles. The largest absolute Gasteiger partial charge is 0.468 e. The molecule has 0 saturated carbocycles. The first kappa shape index (κ1) is 16.6. The lowest BCUT2D eigenvalue weighted by atomic mass is 9.74. The molecule has 4 rings (SSSR count). The van der Waals surface area contributed by atoms with Crippen molar-refractivity contribution in [3.8, 4) is 5.75 Å². The molecule has 0 aromatic heterocycles. The lowest BCUT2D eigenvalue weighted by Gasteiger charge is -2.46. The van der Waals surface area contributed by atoms with Crippen LogP contribution in [-0.2, 0) is 9.59 Å². The van der Waals surface area contributed by atoms with Crippen molar-refractivity contribution in [3.63, 3.8) is 0 Å². The second-order valence-electron chi connectivity index (χ2n) is 7.29. The summed E-state index contributed by atoms with van der Waals surface area (Å²) in [6.45, 7) is 3.78. The molecule has 1 fully saturated rings. The molecule has 2 aliphatic heterocycles. The molecule has 5 heteroatoms. The van der Waals surface area contributed by atoms with E-state index in [2.05, 4.69) is 10.6 Å². The summed E-state index contributed by atoms with van der Waals surface area (Å²) in [5.41, 5.74) is 1.17. The summed E-state index contributed by atoms with van der Waals surface area (Å²) in [7, 11) is 0. The topological polar surface area (TPSA) is 67.4 Å². The Hall–Kier alpha value is -2.82. The summed E-state index contributed by atoms with van der Waals surface area (Å²) >= 11 is 0. The molecule has 1 saturated heterocycles. The van der Waals surface area contributed by atoms with Crippen LogP contribution in [0.15, 0.2) is 54.6 Å². The monoisotopic (exact) mass is 350 g/mol. The number of hydrogen-bond acceptors (Lipinski definition) is 3. The van der Waals surface area contributed by atoms with Crippen molar-refractivity contribution >= 4 is 11.8 Å². The molecule has 2 amide bonds. The normalized spacial score (nSPS) is 27.5. The minimum atomic E-state index is -0.766. The molecule has 0 unspecified atom stereocenters. The van der Waals surface area contributed by atoms with Crippen molar-refractivity contribution in [2.24, 2.45) is 5.92 Å². The average molecular weight is 350 g/mol. The zero-order valence-electron chi connectivity index (χ0n) is 14.9. The third-order valence-corrected chi connectivity index (χ3v) is 5.28. The van der Waals surface area contributed by atoms with Crippen LogP contribution in [0.3, 0.4) is 0 Å². The molecule has 26 heavy (non-hydrogen) atoms. The van der Waals surface area contributed by atoms with Gasteiger partial charge in [0, 0.05) is 12.3 Å². The Morgan fingerprint density at radius 2 is 1.88 bits per heavy atom. The van der Waals surface area contributed by atoms with Crippen LogP contribution in [-0.4, -0.2) is 17.5 Å². The Labute approximate surface area is 152 Å². The molecule has 2 heterocycles. The predicted octanol–water partition coefficient (Wildman–Crippen LogP) is 2.89. The first-order chi connectivity index (χ1) is 12.5. The summed E-state index contributed by atoms with van der Waals surface area (Å²) in [6.07, 6.45) is 0.577. The van der Waals surface area contributed by atoms with E-state index >= 15 is 0 Å². The van der Waals surface area contributed by atoms with Crippen molar-refractivity contribution < 1.29 is 14.3 Å². The molecule has 4 atom stereocenters. The first-order valence-corrected chi connectivity index (χ1v) is 8.92. The van der Waals surface area contributed by atoms with Crippen LogP contribution in [0.2, 0.25) is 0 Å². The van der Waals surface area contributed by atoms with Crippen LogP contribution in [0, 0.1) is 5.92 Å². The Morgan fingerprint density at radius 3 is 2.65 bits per heavy atom. The number of carbonyl (C=O) groups is 2. The number of rotatable bonds is 3. The molecule has 2 bridgehead atoms. The van der Waals surface area contributed by atoms with Gasteiger partial charge in [-0.1, -0.05) is 48.5 Å². The molecule has 0 radical (unpaired) electrons. The summed E-state index contributed by atoms with van der Waals surface area (Å²) in [5, 5.41) is 5.89. The van der Waals surface area contributed by atoms with Gasteiger partial charge in [-0.05, 0) is 31.0 Å². The lowest BCUT2D eigenvalue weighted by molar-refractivity contribution is -0.147. The number of ether oxygens (including phenoxy) is 1. The molecule has 2 aliphatic rings. The van der Waals surface area contributed by atoms with Gasteiger partial charge >= 0.3 is 0 Å². The van der Waals surface area contributed by atoms with Gasteiger partial charge in [-0.3, -0.25) is 9.59 Å². The molecule has 2 aromatic carbocycles. The van der Waals surface area contributed by atoms with Gasteiger partial charge in [0.1, 0.15) is 11.7 Å². The number of carbonyl (C=O) groups excluding carboxylic acids is 2. The molecular weight excluding hydrogens is 328 g/mol. The third-order valence-electron chi connectivity index (χ3n) is 5.28. The van der Waals surface area contributed by atoms with Gasteiger partial charge in [-0.25, -0.2) is 0 Å². The van der Waals surface area contributed by atoms with Crippen LogP contribution in [0.25, 0.3) is 0 Å². The van der Waals surface area contributed by atoms with E-state index in [4.69, 9.17) is 4.74 Å². The molecule has 2 aromatic rings. The van der Waals surface area contributed by atoms with Crippen LogP contribution in [0.5, 0.6) is 5.75 Å². The maximum atomic E-state index is 13.0. The van der Waals surface area contributed by atoms with Gasteiger partial charge in [0.05, 0.1) is 6.04 Å². The van der Waals surface area contributed by atoms with Crippen LogP contribution < -0.4 is 15.4 Å². The van der Waals surface area contributed by atoms with Crippen molar-refractivity contribution in [1.29, 1.82) is 0 Å². The summed E-state index contributed by atoms with van der Waals surface area (Å²) in [5.74, 6) is -0.750. The van der Waals surface area contributed by atoms with E-state index in [-0.39, 0.29) is 23.8 Å². The van der Waals surface area contributed by atoms with Gasteiger partial charge < -0.3 is 15.4 Å². The minimum absolute atomic E-state index is 0.167. The average Bonchev–Trinajstić information content (AvgIpc) is 2.61. The fraction of sp³-hybridized carbons (Fsp3) is 0.333. The van der Waals surface area contributed by atoms with E-state index in [1.807, 2.05) is 68.4 Å². The van der Waals surface area contributed by atoms with E-state index in [0.717, 1.165) is 16.9 Å². The molecule has 0 spiro atoms. The highest BCUT2D eigenvalue weighted by Gasteiger charge is 2.51. The minimum Gasteiger partial charge on any atom is -0.468 e. The SMILES string of the molecule is C[C@H](NC(=O)[C@H]1C(=O)N[C@@]2(C)C[C@@H]1c1ccccc1O2)c1ccccc1. The molecular formula is C21H22N2O3. The van der Waals surface area contributed by atoms with Gasteiger partial charge in [0.25, 0.3) is 0 Å². The van der Waals surface area contributed by atoms with Gasteiger partial charge in [-0.2, -0.15) is 0 Å². The number of para-hydroxylation sites is 1. The fourth-order valence-electron chi connectivity index (χ4n) is 4.02. The van der Waals surface area contributed by atoms with E-state index in [1.165, 1.54) is 0 Å². The van der Waals surface area contributed by atoms with Crippen LogP contribution in [0.4, 0.5) is 0 Å². The Kier molecular flexibility index (Phi) is 3.94.